The second-order valence-corrected chi connectivity index (χ2v) is 9.45. The Hall–Kier alpha value is -5.33. The first-order valence-corrected chi connectivity index (χ1v) is 12.5. The SMILES string of the molecule is CC(=O)Nc1ccc(-c2ccc(F)cc2CNc2cc(=NC3CC3)n3nc/c(=C/c4[nH]c(=O)[nH]c4O)c3n2)cn1. The lowest BCUT2D eigenvalue weighted by molar-refractivity contribution is -0.114. The Morgan fingerprint density at radius 3 is 2.75 bits per heavy atom. The molecule has 1 aliphatic carbocycles. The Morgan fingerprint density at radius 2 is 2.05 bits per heavy atom. The highest BCUT2D eigenvalue weighted by Crippen LogP contribution is 2.26. The highest BCUT2D eigenvalue weighted by Gasteiger charge is 2.20. The number of H-pyrrole nitrogens is 2. The van der Waals surface area contributed by atoms with E-state index in [4.69, 9.17) is 9.98 Å². The molecule has 5 N–H and O–H groups in total. The summed E-state index contributed by atoms with van der Waals surface area (Å²) < 4.78 is 15.9. The summed E-state index contributed by atoms with van der Waals surface area (Å²) in [6.45, 7) is 1.65. The van der Waals surface area contributed by atoms with Gasteiger partial charge in [0.15, 0.2) is 11.1 Å². The lowest BCUT2D eigenvalue weighted by Crippen LogP contribution is -2.20. The van der Waals surface area contributed by atoms with Crippen molar-refractivity contribution in [3.8, 4) is 17.0 Å². The van der Waals surface area contributed by atoms with E-state index in [9.17, 15) is 19.1 Å². The zero-order chi connectivity index (χ0) is 27.8. The van der Waals surface area contributed by atoms with E-state index >= 15 is 0 Å². The van der Waals surface area contributed by atoms with Gasteiger partial charge in [0.1, 0.15) is 23.1 Å². The lowest BCUT2D eigenvalue weighted by atomic mass is 10.0. The van der Waals surface area contributed by atoms with E-state index in [1.54, 1.807) is 47.3 Å². The van der Waals surface area contributed by atoms with Crippen LogP contribution in [0.5, 0.6) is 5.88 Å². The highest BCUT2D eigenvalue weighted by molar-refractivity contribution is 5.87. The van der Waals surface area contributed by atoms with Gasteiger partial charge < -0.3 is 20.7 Å². The van der Waals surface area contributed by atoms with Crippen molar-refractivity contribution in [3.63, 3.8) is 0 Å². The molecular formula is C27H24FN9O3. The summed E-state index contributed by atoms with van der Waals surface area (Å²) in [5.74, 6) is 0.0151. The maximum absolute atomic E-state index is 14.3. The molecule has 0 radical (unpaired) electrons. The van der Waals surface area contributed by atoms with Crippen LogP contribution in [0.3, 0.4) is 0 Å². The molecule has 1 aromatic carbocycles. The minimum Gasteiger partial charge on any atom is -0.493 e. The van der Waals surface area contributed by atoms with Crippen LogP contribution >= 0.6 is 0 Å². The van der Waals surface area contributed by atoms with E-state index in [0.717, 1.165) is 24.0 Å². The van der Waals surface area contributed by atoms with Gasteiger partial charge in [0.2, 0.25) is 11.8 Å². The quantitative estimate of drug-likeness (QED) is 0.210. The number of carbonyl (C=O) groups is 1. The van der Waals surface area contributed by atoms with Crippen LogP contribution in [-0.2, 0) is 11.3 Å². The molecule has 202 valence electrons. The fourth-order valence-corrected chi connectivity index (χ4v) is 4.27. The molecule has 1 aliphatic rings. The molecule has 0 saturated heterocycles. The van der Waals surface area contributed by atoms with Gasteiger partial charge in [-0.05, 0) is 54.3 Å². The minimum atomic E-state index is -0.536. The van der Waals surface area contributed by atoms with E-state index in [1.807, 2.05) is 0 Å². The summed E-state index contributed by atoms with van der Waals surface area (Å²) in [6, 6.07) is 9.99. The molecule has 0 spiro atoms. The Morgan fingerprint density at radius 1 is 1.20 bits per heavy atom. The number of aromatic nitrogens is 6. The van der Waals surface area contributed by atoms with Gasteiger partial charge in [0.25, 0.3) is 0 Å². The first-order valence-electron chi connectivity index (χ1n) is 12.5. The molecule has 5 aromatic rings. The fourth-order valence-electron chi connectivity index (χ4n) is 4.27. The summed E-state index contributed by atoms with van der Waals surface area (Å²) in [6.07, 6.45) is 6.74. The van der Waals surface area contributed by atoms with Crippen molar-refractivity contribution in [1.82, 2.24) is 29.5 Å². The Balaban J connectivity index is 1.36. The molecule has 1 amide bonds. The van der Waals surface area contributed by atoms with Crippen molar-refractivity contribution in [1.29, 1.82) is 0 Å². The fraction of sp³-hybridized carbons (Fsp3) is 0.185. The van der Waals surface area contributed by atoms with E-state index < -0.39 is 5.69 Å². The number of anilines is 2. The number of hydrogen-bond donors (Lipinski definition) is 5. The number of pyridine rings is 1. The topological polar surface area (TPSA) is 165 Å². The van der Waals surface area contributed by atoms with E-state index in [0.29, 0.717) is 33.6 Å². The number of amides is 1. The number of imidazole rings is 1. The molecule has 12 nitrogen and oxygen atoms in total. The molecule has 0 atom stereocenters. The maximum Gasteiger partial charge on any atom is 0.326 e. The predicted octanol–water partition coefficient (Wildman–Crippen LogP) is 1.83. The van der Waals surface area contributed by atoms with Gasteiger partial charge in [0.05, 0.1) is 12.2 Å². The van der Waals surface area contributed by atoms with Gasteiger partial charge >= 0.3 is 5.69 Å². The van der Waals surface area contributed by atoms with Crippen LogP contribution in [0, 0.1) is 5.82 Å². The van der Waals surface area contributed by atoms with E-state index in [2.05, 4.69) is 30.7 Å². The summed E-state index contributed by atoms with van der Waals surface area (Å²) >= 11 is 0. The Labute approximate surface area is 225 Å². The van der Waals surface area contributed by atoms with Crippen molar-refractivity contribution in [2.45, 2.75) is 32.4 Å². The lowest BCUT2D eigenvalue weighted by Gasteiger charge is -2.12. The smallest absolute Gasteiger partial charge is 0.326 e. The summed E-state index contributed by atoms with van der Waals surface area (Å²) in [5, 5.41) is 20.9. The van der Waals surface area contributed by atoms with Crippen LogP contribution in [0.25, 0.3) is 22.9 Å². The van der Waals surface area contributed by atoms with Crippen LogP contribution < -0.4 is 27.0 Å². The molecule has 4 heterocycles. The number of carbonyl (C=O) groups excluding carboxylic acids is 1. The largest absolute Gasteiger partial charge is 0.493 e. The standard InChI is InChI=1S/C27H24FN9O3/c1-14(38)32-22-7-2-15(11-29-22)20-6-3-18(28)8-16(20)12-30-23-10-24(33-19-4-5-19)37-25(35-23)17(13-31-37)9-21-26(39)36-27(40)34-21/h2-3,6-11,13,19,30,39H,4-5,12H2,1H3,(H,29,32,38)(H2,34,36,40)/b17-9-,33-24?. The monoisotopic (exact) mass is 541 g/mol. The van der Waals surface area contributed by atoms with Gasteiger partial charge in [-0.25, -0.2) is 19.2 Å². The Kier molecular flexibility index (Phi) is 6.30. The number of hydrogen-bond acceptors (Lipinski definition) is 8. The third kappa shape index (κ3) is 5.29. The number of benzene rings is 1. The number of rotatable bonds is 7. The minimum absolute atomic E-state index is 0.197. The number of nitrogens with one attached hydrogen (secondary N) is 4. The summed E-state index contributed by atoms with van der Waals surface area (Å²) in [7, 11) is 0. The highest BCUT2D eigenvalue weighted by atomic mass is 19.1. The number of halogens is 1. The van der Waals surface area contributed by atoms with Crippen molar-refractivity contribution < 1.29 is 14.3 Å². The van der Waals surface area contributed by atoms with Crippen LogP contribution in [0.4, 0.5) is 16.0 Å². The predicted molar refractivity (Wildman–Crippen MR) is 145 cm³/mol. The Bertz CT molecular complexity index is 1920. The molecule has 13 heteroatoms. The van der Waals surface area contributed by atoms with Gasteiger partial charge in [0, 0.05) is 36.5 Å². The second kappa shape index (κ2) is 10.1. The molecule has 0 unspecified atom stereocenters. The van der Waals surface area contributed by atoms with Crippen molar-refractivity contribution >= 4 is 29.3 Å². The molecule has 40 heavy (non-hydrogen) atoms. The van der Waals surface area contributed by atoms with Crippen LogP contribution in [0.1, 0.15) is 31.0 Å². The molecule has 1 fully saturated rings. The summed E-state index contributed by atoms with van der Waals surface area (Å²) in [5.41, 5.74) is 2.92. The first kappa shape index (κ1) is 25.0. The van der Waals surface area contributed by atoms with Gasteiger partial charge in [-0.15, -0.1) is 0 Å². The van der Waals surface area contributed by atoms with Crippen LogP contribution in [0.2, 0.25) is 0 Å². The van der Waals surface area contributed by atoms with E-state index in [-0.39, 0.29) is 35.9 Å². The number of aromatic amines is 2. The van der Waals surface area contributed by atoms with Crippen molar-refractivity contribution in [2.24, 2.45) is 4.99 Å². The summed E-state index contributed by atoms with van der Waals surface area (Å²) in [4.78, 5) is 41.4. The van der Waals surface area contributed by atoms with Gasteiger partial charge in [-0.2, -0.15) is 9.61 Å². The zero-order valence-electron chi connectivity index (χ0n) is 21.3. The molecule has 6 rings (SSSR count). The molecule has 0 aliphatic heterocycles. The zero-order valence-corrected chi connectivity index (χ0v) is 21.3. The molecule has 1 saturated carbocycles. The average Bonchev–Trinajstić information content (AvgIpc) is 3.55. The third-order valence-electron chi connectivity index (χ3n) is 6.28. The van der Waals surface area contributed by atoms with Crippen LogP contribution in [-0.4, -0.2) is 46.6 Å². The van der Waals surface area contributed by atoms with Crippen LogP contribution in [0.15, 0.2) is 58.6 Å². The first-order chi connectivity index (χ1) is 19.3. The third-order valence-corrected chi connectivity index (χ3v) is 6.28. The number of nitrogens with zero attached hydrogens (tertiary/aromatic N) is 5. The maximum atomic E-state index is 14.3. The number of fused-ring (bicyclic) bond motifs is 1. The second-order valence-electron chi connectivity index (χ2n) is 9.45. The van der Waals surface area contributed by atoms with Gasteiger partial charge in [-0.3, -0.25) is 14.8 Å². The number of aromatic hydroxyl groups is 1. The van der Waals surface area contributed by atoms with E-state index in [1.165, 1.54) is 19.1 Å². The normalized spacial score (nSPS) is 14.2. The van der Waals surface area contributed by atoms with Crippen molar-refractivity contribution in [3.05, 3.63) is 87.1 Å². The average molecular weight is 542 g/mol. The van der Waals surface area contributed by atoms with Gasteiger partial charge in [-0.1, -0.05) is 6.07 Å². The van der Waals surface area contributed by atoms with Crippen molar-refractivity contribution in [2.75, 3.05) is 10.6 Å². The molecule has 4 aromatic heterocycles. The molecular weight excluding hydrogens is 517 g/mol. The molecule has 0 bridgehead atoms.